The highest BCUT2D eigenvalue weighted by Crippen LogP contribution is 2.28. The summed E-state index contributed by atoms with van der Waals surface area (Å²) in [6.07, 6.45) is 6.74. The fourth-order valence-electron chi connectivity index (χ4n) is 2.17. The minimum absolute atomic E-state index is 0.268. The van der Waals surface area contributed by atoms with E-state index in [9.17, 15) is 8.42 Å². The van der Waals surface area contributed by atoms with Crippen molar-refractivity contribution in [1.82, 2.24) is 5.32 Å². The summed E-state index contributed by atoms with van der Waals surface area (Å²) in [5.41, 5.74) is 0. The van der Waals surface area contributed by atoms with E-state index < -0.39 is 9.84 Å². The third-order valence-electron chi connectivity index (χ3n) is 3.23. The first kappa shape index (κ1) is 14.3. The van der Waals surface area contributed by atoms with Gasteiger partial charge in [0.25, 0.3) is 0 Å². The van der Waals surface area contributed by atoms with Gasteiger partial charge in [-0.15, -0.1) is 0 Å². The van der Waals surface area contributed by atoms with Crippen LogP contribution in [-0.2, 0) is 9.84 Å². The molecule has 1 N–H and O–H groups in total. The predicted molar refractivity (Wildman–Crippen MR) is 71.9 cm³/mol. The summed E-state index contributed by atoms with van der Waals surface area (Å²) >= 11 is 1.93. The highest BCUT2D eigenvalue weighted by molar-refractivity contribution is 7.99. The normalized spacial score (nSPS) is 26.1. The predicted octanol–water partition coefficient (Wildman–Crippen LogP) is 1.68. The minimum atomic E-state index is -2.78. The van der Waals surface area contributed by atoms with Gasteiger partial charge in [0.15, 0.2) is 0 Å². The lowest BCUT2D eigenvalue weighted by Crippen LogP contribution is -2.35. The van der Waals surface area contributed by atoms with E-state index in [0.29, 0.717) is 11.8 Å². The van der Waals surface area contributed by atoms with Gasteiger partial charge >= 0.3 is 0 Å². The van der Waals surface area contributed by atoms with Crippen LogP contribution in [0.25, 0.3) is 0 Å². The summed E-state index contributed by atoms with van der Waals surface area (Å²) in [4.78, 5) is 0. The van der Waals surface area contributed by atoms with Crippen LogP contribution in [0.5, 0.6) is 0 Å². The summed E-state index contributed by atoms with van der Waals surface area (Å²) in [6.45, 7) is 2.55. The number of thioether (sulfide) groups is 1. The van der Waals surface area contributed by atoms with E-state index in [2.05, 4.69) is 11.6 Å². The SMILES string of the molecule is CCS(=O)(=O)CCCNC1CCCC1SC. The molecule has 2 atom stereocenters. The van der Waals surface area contributed by atoms with Gasteiger partial charge in [0, 0.05) is 17.0 Å². The summed E-state index contributed by atoms with van der Waals surface area (Å²) in [5, 5.41) is 4.22. The molecule has 0 aromatic heterocycles. The van der Waals surface area contributed by atoms with Gasteiger partial charge in [0.2, 0.25) is 0 Å². The van der Waals surface area contributed by atoms with E-state index in [1.165, 1.54) is 19.3 Å². The van der Waals surface area contributed by atoms with Gasteiger partial charge in [-0.1, -0.05) is 13.3 Å². The third-order valence-corrected chi connectivity index (χ3v) is 6.19. The third kappa shape index (κ3) is 4.63. The van der Waals surface area contributed by atoms with Crippen LogP contribution < -0.4 is 5.32 Å². The van der Waals surface area contributed by atoms with E-state index >= 15 is 0 Å². The fourth-order valence-corrected chi connectivity index (χ4v) is 4.00. The maximum Gasteiger partial charge on any atom is 0.150 e. The van der Waals surface area contributed by atoms with Crippen molar-refractivity contribution < 1.29 is 8.42 Å². The van der Waals surface area contributed by atoms with Gasteiger partial charge in [0.1, 0.15) is 9.84 Å². The maximum absolute atomic E-state index is 11.3. The van der Waals surface area contributed by atoms with E-state index in [-0.39, 0.29) is 5.75 Å². The molecule has 1 saturated carbocycles. The molecule has 5 heteroatoms. The molecule has 1 fully saturated rings. The second kappa shape index (κ2) is 6.87. The highest BCUT2D eigenvalue weighted by Gasteiger charge is 2.25. The summed E-state index contributed by atoms with van der Waals surface area (Å²) in [5.74, 6) is 0.594. The molecule has 0 heterocycles. The lowest BCUT2D eigenvalue weighted by atomic mass is 10.2. The van der Waals surface area contributed by atoms with Crippen LogP contribution in [0, 0.1) is 0 Å². The van der Waals surface area contributed by atoms with Crippen LogP contribution in [0.3, 0.4) is 0 Å². The van der Waals surface area contributed by atoms with E-state index in [0.717, 1.165) is 18.2 Å². The van der Waals surface area contributed by atoms with Crippen molar-refractivity contribution >= 4 is 21.6 Å². The lowest BCUT2D eigenvalue weighted by Gasteiger charge is -2.18. The molecule has 0 spiro atoms. The Labute approximate surface area is 104 Å². The fraction of sp³-hybridized carbons (Fsp3) is 1.00. The zero-order chi connectivity index (χ0) is 12.0. The quantitative estimate of drug-likeness (QED) is 0.712. The molecule has 1 aliphatic carbocycles. The number of hydrogen-bond donors (Lipinski definition) is 1. The molecule has 16 heavy (non-hydrogen) atoms. The van der Waals surface area contributed by atoms with Crippen LogP contribution in [0.1, 0.15) is 32.6 Å². The van der Waals surface area contributed by atoms with Crippen molar-refractivity contribution in [2.75, 3.05) is 24.3 Å². The average molecular weight is 265 g/mol. The molecular weight excluding hydrogens is 242 g/mol. The average Bonchev–Trinajstić information content (AvgIpc) is 2.72. The first-order valence-corrected chi connectivity index (χ1v) is 9.16. The number of hydrogen-bond acceptors (Lipinski definition) is 4. The molecule has 3 nitrogen and oxygen atoms in total. The Balaban J connectivity index is 2.16. The summed E-state index contributed by atoms with van der Waals surface area (Å²) < 4.78 is 22.6. The van der Waals surface area contributed by atoms with Gasteiger partial charge in [-0.25, -0.2) is 8.42 Å². The number of nitrogens with one attached hydrogen (secondary N) is 1. The van der Waals surface area contributed by atoms with Crippen molar-refractivity contribution in [3.8, 4) is 0 Å². The molecule has 0 aromatic rings. The summed E-state index contributed by atoms with van der Waals surface area (Å²) in [7, 11) is -2.78. The Hall–Kier alpha value is 0.260. The lowest BCUT2D eigenvalue weighted by molar-refractivity contribution is 0.528. The smallest absolute Gasteiger partial charge is 0.150 e. The number of sulfone groups is 1. The Kier molecular flexibility index (Phi) is 6.15. The van der Waals surface area contributed by atoms with Crippen LogP contribution in [-0.4, -0.2) is 44.0 Å². The second-order valence-electron chi connectivity index (χ2n) is 4.36. The van der Waals surface area contributed by atoms with E-state index in [1.807, 2.05) is 11.8 Å². The molecular formula is C11H23NO2S2. The molecule has 0 bridgehead atoms. The molecule has 0 amide bonds. The van der Waals surface area contributed by atoms with E-state index in [1.54, 1.807) is 6.92 Å². The minimum Gasteiger partial charge on any atom is -0.313 e. The first-order valence-electron chi connectivity index (χ1n) is 6.05. The molecule has 0 aromatic carbocycles. The van der Waals surface area contributed by atoms with Crippen molar-refractivity contribution in [2.24, 2.45) is 0 Å². The van der Waals surface area contributed by atoms with Gasteiger partial charge in [0.05, 0.1) is 5.75 Å². The monoisotopic (exact) mass is 265 g/mol. The van der Waals surface area contributed by atoms with Crippen LogP contribution in [0.2, 0.25) is 0 Å². The maximum atomic E-state index is 11.3. The Morgan fingerprint density at radius 2 is 2.12 bits per heavy atom. The topological polar surface area (TPSA) is 46.2 Å². The van der Waals surface area contributed by atoms with Crippen LogP contribution in [0.4, 0.5) is 0 Å². The van der Waals surface area contributed by atoms with Crippen LogP contribution >= 0.6 is 11.8 Å². The van der Waals surface area contributed by atoms with Gasteiger partial charge in [-0.3, -0.25) is 0 Å². The standard InChI is InChI=1S/C11H23NO2S2/c1-3-16(13,14)9-5-8-12-10-6-4-7-11(10)15-2/h10-12H,3-9H2,1-2H3. The Morgan fingerprint density at radius 1 is 1.38 bits per heavy atom. The molecule has 1 rings (SSSR count). The molecule has 0 radical (unpaired) electrons. The molecule has 0 saturated heterocycles. The largest absolute Gasteiger partial charge is 0.313 e. The van der Waals surface area contributed by atoms with Crippen molar-refractivity contribution in [3.63, 3.8) is 0 Å². The number of rotatable bonds is 7. The Morgan fingerprint density at radius 3 is 2.75 bits per heavy atom. The highest BCUT2D eigenvalue weighted by atomic mass is 32.2. The Bertz CT molecular complexity index is 290. The molecule has 2 unspecified atom stereocenters. The second-order valence-corrected chi connectivity index (χ2v) is 7.91. The van der Waals surface area contributed by atoms with Crippen molar-refractivity contribution in [3.05, 3.63) is 0 Å². The zero-order valence-corrected chi connectivity index (χ0v) is 11.9. The van der Waals surface area contributed by atoms with Gasteiger partial charge in [-0.05, 0) is 32.1 Å². The van der Waals surface area contributed by atoms with Gasteiger partial charge in [-0.2, -0.15) is 11.8 Å². The molecule has 96 valence electrons. The van der Waals surface area contributed by atoms with Crippen molar-refractivity contribution in [1.29, 1.82) is 0 Å². The van der Waals surface area contributed by atoms with Crippen LogP contribution in [0.15, 0.2) is 0 Å². The van der Waals surface area contributed by atoms with E-state index in [4.69, 9.17) is 0 Å². The molecule has 0 aliphatic heterocycles. The van der Waals surface area contributed by atoms with Gasteiger partial charge < -0.3 is 5.32 Å². The summed E-state index contributed by atoms with van der Waals surface area (Å²) in [6, 6.07) is 0.597. The first-order chi connectivity index (χ1) is 7.59. The van der Waals surface area contributed by atoms with Crippen molar-refractivity contribution in [2.45, 2.75) is 43.9 Å². The zero-order valence-electron chi connectivity index (χ0n) is 10.2. The molecule has 1 aliphatic rings.